The van der Waals surface area contributed by atoms with Crippen molar-refractivity contribution in [3.8, 4) is 0 Å². The summed E-state index contributed by atoms with van der Waals surface area (Å²) in [5, 5.41) is 3.59. The van der Waals surface area contributed by atoms with E-state index in [1.54, 1.807) is 0 Å². The van der Waals surface area contributed by atoms with Crippen molar-refractivity contribution in [2.75, 3.05) is 18.0 Å². The lowest BCUT2D eigenvalue weighted by atomic mass is 10.2. The summed E-state index contributed by atoms with van der Waals surface area (Å²) in [5.41, 5.74) is 2.74. The minimum absolute atomic E-state index is 0.772. The quantitative estimate of drug-likeness (QED) is 0.861. The summed E-state index contributed by atoms with van der Waals surface area (Å²) in [4.78, 5) is 6.78. The third-order valence-corrected chi connectivity index (χ3v) is 3.81. The van der Waals surface area contributed by atoms with E-state index >= 15 is 0 Å². The van der Waals surface area contributed by atoms with Crippen LogP contribution in [0.25, 0.3) is 0 Å². The Balaban J connectivity index is 1.72. The molecule has 3 rings (SSSR count). The van der Waals surface area contributed by atoms with Crippen LogP contribution in [0.1, 0.15) is 31.7 Å². The van der Waals surface area contributed by atoms with Gasteiger partial charge in [-0.05, 0) is 36.8 Å². The molecular formula is C14H21N3. The zero-order chi connectivity index (χ0) is 11.7. The Morgan fingerprint density at radius 1 is 1.41 bits per heavy atom. The molecule has 0 amide bonds. The molecule has 1 aromatic rings. The van der Waals surface area contributed by atoms with Gasteiger partial charge in [0.1, 0.15) is 0 Å². The lowest BCUT2D eigenvalue weighted by Gasteiger charge is -2.21. The average molecular weight is 231 g/mol. The zero-order valence-electron chi connectivity index (χ0n) is 10.5. The molecule has 1 aliphatic carbocycles. The molecule has 92 valence electrons. The smallest absolute Gasteiger partial charge is 0.0598 e. The van der Waals surface area contributed by atoms with Gasteiger partial charge in [-0.3, -0.25) is 4.98 Å². The first-order valence-corrected chi connectivity index (χ1v) is 6.74. The minimum atomic E-state index is 0.772. The monoisotopic (exact) mass is 231 g/mol. The van der Waals surface area contributed by atoms with Gasteiger partial charge in [0.15, 0.2) is 0 Å². The summed E-state index contributed by atoms with van der Waals surface area (Å²) >= 11 is 0. The molecule has 1 saturated carbocycles. The maximum atomic E-state index is 4.29. The van der Waals surface area contributed by atoms with Gasteiger partial charge < -0.3 is 10.2 Å². The zero-order valence-corrected chi connectivity index (χ0v) is 10.5. The van der Waals surface area contributed by atoms with Crippen LogP contribution in [-0.2, 0) is 6.54 Å². The van der Waals surface area contributed by atoms with Crippen molar-refractivity contribution in [1.29, 1.82) is 0 Å². The highest BCUT2D eigenvalue weighted by Gasteiger charge is 2.23. The Morgan fingerprint density at radius 3 is 3.00 bits per heavy atom. The maximum Gasteiger partial charge on any atom is 0.0598 e. The van der Waals surface area contributed by atoms with Crippen LogP contribution in [-0.4, -0.2) is 24.1 Å². The second-order valence-corrected chi connectivity index (χ2v) is 5.50. The number of hydrogen-bond donors (Lipinski definition) is 1. The van der Waals surface area contributed by atoms with Crippen LogP contribution in [0.15, 0.2) is 18.5 Å². The molecule has 2 aliphatic rings. The van der Waals surface area contributed by atoms with Crippen molar-refractivity contribution in [3.05, 3.63) is 24.0 Å². The van der Waals surface area contributed by atoms with Crippen LogP contribution < -0.4 is 10.2 Å². The van der Waals surface area contributed by atoms with Crippen molar-refractivity contribution < 1.29 is 0 Å². The predicted molar refractivity (Wildman–Crippen MR) is 70.1 cm³/mol. The van der Waals surface area contributed by atoms with Crippen molar-refractivity contribution in [2.24, 2.45) is 5.92 Å². The topological polar surface area (TPSA) is 28.2 Å². The van der Waals surface area contributed by atoms with E-state index in [0.717, 1.165) is 18.5 Å². The highest BCUT2D eigenvalue weighted by atomic mass is 15.2. The minimum Gasteiger partial charge on any atom is -0.370 e. The molecule has 2 heterocycles. The lowest BCUT2D eigenvalue weighted by molar-refractivity contribution is 0.657. The standard InChI is InChI=1S/C14H21N3/c1-11-5-7-17(10-11)14-9-15-6-4-12(14)8-16-13-2-3-13/h4,6,9,11,13,16H,2-3,5,7-8,10H2,1H3. The van der Waals surface area contributed by atoms with E-state index in [2.05, 4.69) is 28.2 Å². The molecule has 1 N–H and O–H groups in total. The van der Waals surface area contributed by atoms with E-state index in [1.165, 1.54) is 43.6 Å². The van der Waals surface area contributed by atoms with E-state index in [0.29, 0.717) is 0 Å². The van der Waals surface area contributed by atoms with Crippen LogP contribution in [0.4, 0.5) is 5.69 Å². The van der Waals surface area contributed by atoms with Gasteiger partial charge in [0.25, 0.3) is 0 Å². The van der Waals surface area contributed by atoms with Gasteiger partial charge in [-0.15, -0.1) is 0 Å². The van der Waals surface area contributed by atoms with E-state index in [4.69, 9.17) is 0 Å². The van der Waals surface area contributed by atoms with Crippen LogP contribution in [0.5, 0.6) is 0 Å². The predicted octanol–water partition coefficient (Wildman–Crippen LogP) is 2.18. The second-order valence-electron chi connectivity index (χ2n) is 5.50. The Bertz CT molecular complexity index is 387. The summed E-state index contributed by atoms with van der Waals surface area (Å²) in [7, 11) is 0. The molecular weight excluding hydrogens is 210 g/mol. The molecule has 0 bridgehead atoms. The summed E-state index contributed by atoms with van der Waals surface area (Å²) in [6.07, 6.45) is 7.95. The fourth-order valence-corrected chi connectivity index (χ4v) is 2.54. The molecule has 0 spiro atoms. The number of pyridine rings is 1. The Kier molecular flexibility index (Phi) is 3.02. The Hall–Kier alpha value is -1.09. The van der Waals surface area contributed by atoms with Gasteiger partial charge in [0, 0.05) is 31.9 Å². The Labute approximate surface area is 103 Å². The summed E-state index contributed by atoms with van der Waals surface area (Å²) in [6.45, 7) is 5.69. The molecule has 1 aromatic heterocycles. The van der Waals surface area contributed by atoms with Crippen molar-refractivity contribution in [1.82, 2.24) is 10.3 Å². The molecule has 3 nitrogen and oxygen atoms in total. The van der Waals surface area contributed by atoms with Gasteiger partial charge >= 0.3 is 0 Å². The first-order valence-electron chi connectivity index (χ1n) is 6.74. The summed E-state index contributed by atoms with van der Waals surface area (Å²) in [6, 6.07) is 2.93. The Morgan fingerprint density at radius 2 is 2.29 bits per heavy atom. The maximum absolute atomic E-state index is 4.29. The van der Waals surface area contributed by atoms with Crippen molar-refractivity contribution in [3.63, 3.8) is 0 Å². The highest BCUT2D eigenvalue weighted by molar-refractivity contribution is 5.52. The van der Waals surface area contributed by atoms with E-state index in [9.17, 15) is 0 Å². The molecule has 1 saturated heterocycles. The normalized spacial score (nSPS) is 24.3. The number of nitrogens with zero attached hydrogens (tertiary/aromatic N) is 2. The number of aromatic nitrogens is 1. The van der Waals surface area contributed by atoms with Crippen LogP contribution in [0.3, 0.4) is 0 Å². The fraction of sp³-hybridized carbons (Fsp3) is 0.643. The van der Waals surface area contributed by atoms with Crippen LogP contribution >= 0.6 is 0 Å². The number of anilines is 1. The molecule has 1 atom stereocenters. The van der Waals surface area contributed by atoms with Crippen LogP contribution in [0, 0.1) is 5.92 Å². The highest BCUT2D eigenvalue weighted by Crippen LogP contribution is 2.27. The molecule has 0 aromatic carbocycles. The molecule has 17 heavy (non-hydrogen) atoms. The average Bonchev–Trinajstić information content (AvgIpc) is 3.08. The van der Waals surface area contributed by atoms with Gasteiger partial charge in [-0.2, -0.15) is 0 Å². The van der Waals surface area contributed by atoms with E-state index < -0.39 is 0 Å². The fourth-order valence-electron chi connectivity index (χ4n) is 2.54. The third-order valence-electron chi connectivity index (χ3n) is 3.81. The third kappa shape index (κ3) is 2.60. The number of hydrogen-bond acceptors (Lipinski definition) is 3. The SMILES string of the molecule is CC1CCN(c2cnccc2CNC2CC2)C1. The number of rotatable bonds is 4. The van der Waals surface area contributed by atoms with Gasteiger partial charge in [0.05, 0.1) is 11.9 Å². The summed E-state index contributed by atoms with van der Waals surface area (Å²) < 4.78 is 0. The summed E-state index contributed by atoms with van der Waals surface area (Å²) in [5.74, 6) is 0.819. The molecule has 2 fully saturated rings. The molecule has 1 aliphatic heterocycles. The van der Waals surface area contributed by atoms with E-state index in [1.807, 2.05) is 12.4 Å². The number of nitrogens with one attached hydrogen (secondary N) is 1. The first-order chi connectivity index (χ1) is 8.33. The molecule has 1 unspecified atom stereocenters. The van der Waals surface area contributed by atoms with Gasteiger partial charge in [-0.25, -0.2) is 0 Å². The largest absolute Gasteiger partial charge is 0.370 e. The van der Waals surface area contributed by atoms with E-state index in [-0.39, 0.29) is 0 Å². The molecule has 3 heteroatoms. The lowest BCUT2D eigenvalue weighted by Crippen LogP contribution is -2.23. The second kappa shape index (κ2) is 4.65. The van der Waals surface area contributed by atoms with Crippen LogP contribution in [0.2, 0.25) is 0 Å². The van der Waals surface area contributed by atoms with Crippen molar-refractivity contribution >= 4 is 5.69 Å². The van der Waals surface area contributed by atoms with Gasteiger partial charge in [0.2, 0.25) is 0 Å². The van der Waals surface area contributed by atoms with Crippen molar-refractivity contribution in [2.45, 2.75) is 38.8 Å². The molecule has 0 radical (unpaired) electrons. The van der Waals surface area contributed by atoms with Gasteiger partial charge in [-0.1, -0.05) is 6.92 Å². The first kappa shape index (κ1) is 11.0.